The van der Waals surface area contributed by atoms with Crippen LogP contribution in [0, 0.1) is 6.92 Å². The predicted octanol–water partition coefficient (Wildman–Crippen LogP) is 3.27. The molecule has 3 rings (SSSR count). The first-order valence-corrected chi connectivity index (χ1v) is 8.57. The van der Waals surface area contributed by atoms with E-state index in [1.807, 2.05) is 24.3 Å². The minimum atomic E-state index is -3.92. The van der Waals surface area contributed by atoms with Crippen LogP contribution in [0.3, 0.4) is 0 Å². The summed E-state index contributed by atoms with van der Waals surface area (Å²) in [6.07, 6.45) is 0. The molecule has 0 unspecified atom stereocenters. The molecule has 0 atom stereocenters. The maximum atomic E-state index is 12.4. The third kappa shape index (κ3) is 3.10. The number of hydrogen-bond donors (Lipinski definition) is 1. The zero-order chi connectivity index (χ0) is 16.4. The number of fused-ring (bicyclic) bond motifs is 1. The van der Waals surface area contributed by atoms with E-state index in [-0.39, 0.29) is 4.90 Å². The van der Waals surface area contributed by atoms with Crippen LogP contribution in [0.15, 0.2) is 71.6 Å². The van der Waals surface area contributed by atoms with E-state index in [2.05, 4.69) is 4.72 Å². The summed E-state index contributed by atoms with van der Waals surface area (Å²) < 4.78 is 27.0. The molecule has 0 aromatic heterocycles. The van der Waals surface area contributed by atoms with Gasteiger partial charge >= 0.3 is 0 Å². The van der Waals surface area contributed by atoms with Gasteiger partial charge in [0.15, 0.2) is 0 Å². The van der Waals surface area contributed by atoms with E-state index in [4.69, 9.17) is 0 Å². The lowest BCUT2D eigenvalue weighted by Gasteiger charge is -2.09. The number of carbonyl (C=O) groups excluding carboxylic acids is 1. The second-order valence-electron chi connectivity index (χ2n) is 5.26. The lowest BCUT2D eigenvalue weighted by atomic mass is 10.1. The molecule has 0 aliphatic heterocycles. The largest absolute Gasteiger partial charge is 0.268 e. The van der Waals surface area contributed by atoms with E-state index >= 15 is 0 Å². The minimum Gasteiger partial charge on any atom is -0.268 e. The van der Waals surface area contributed by atoms with Gasteiger partial charge in [-0.25, -0.2) is 13.1 Å². The Balaban J connectivity index is 1.94. The Kier molecular flexibility index (Phi) is 3.88. The fourth-order valence-corrected chi connectivity index (χ4v) is 3.40. The normalized spacial score (nSPS) is 11.3. The monoisotopic (exact) mass is 325 g/mol. The fourth-order valence-electron chi connectivity index (χ4n) is 2.40. The van der Waals surface area contributed by atoms with Gasteiger partial charge in [-0.05, 0) is 41.5 Å². The first-order chi connectivity index (χ1) is 11.0. The molecule has 116 valence electrons. The molecule has 0 saturated carbocycles. The zero-order valence-electron chi connectivity index (χ0n) is 12.5. The minimum absolute atomic E-state index is 0.0677. The van der Waals surface area contributed by atoms with Crippen LogP contribution in [0.4, 0.5) is 0 Å². The number of nitrogens with one attached hydrogen (secondary N) is 1. The summed E-state index contributed by atoms with van der Waals surface area (Å²) in [6.45, 7) is 1.76. The van der Waals surface area contributed by atoms with Gasteiger partial charge in [0, 0.05) is 5.56 Å². The molecule has 0 heterocycles. The van der Waals surface area contributed by atoms with E-state index in [0.717, 1.165) is 16.3 Å². The van der Waals surface area contributed by atoms with Crippen molar-refractivity contribution in [2.24, 2.45) is 0 Å². The van der Waals surface area contributed by atoms with Crippen molar-refractivity contribution >= 4 is 26.7 Å². The third-order valence-corrected chi connectivity index (χ3v) is 4.98. The molecule has 5 heteroatoms. The van der Waals surface area contributed by atoms with Crippen LogP contribution in [0.5, 0.6) is 0 Å². The average molecular weight is 325 g/mol. The van der Waals surface area contributed by atoms with Gasteiger partial charge in [0.25, 0.3) is 15.9 Å². The summed E-state index contributed by atoms with van der Waals surface area (Å²) in [5, 5.41) is 1.75. The molecule has 0 spiro atoms. The van der Waals surface area contributed by atoms with Crippen LogP contribution in [0.2, 0.25) is 0 Å². The zero-order valence-corrected chi connectivity index (χ0v) is 13.3. The molecule has 0 aliphatic rings. The van der Waals surface area contributed by atoms with Gasteiger partial charge in [0.2, 0.25) is 0 Å². The van der Waals surface area contributed by atoms with Crippen molar-refractivity contribution in [3.63, 3.8) is 0 Å². The van der Waals surface area contributed by atoms with Crippen molar-refractivity contribution in [3.05, 3.63) is 77.9 Å². The lowest BCUT2D eigenvalue weighted by molar-refractivity contribution is 0.0981. The summed E-state index contributed by atoms with van der Waals surface area (Å²) >= 11 is 0. The molecule has 1 N–H and O–H groups in total. The maximum absolute atomic E-state index is 12.4. The van der Waals surface area contributed by atoms with E-state index in [0.29, 0.717) is 5.56 Å². The molecule has 1 amide bonds. The Labute approximate surface area is 134 Å². The lowest BCUT2D eigenvalue weighted by Crippen LogP contribution is -2.31. The third-order valence-electron chi connectivity index (χ3n) is 3.65. The molecule has 3 aromatic rings. The van der Waals surface area contributed by atoms with Crippen LogP contribution >= 0.6 is 0 Å². The number of hydrogen-bond acceptors (Lipinski definition) is 3. The van der Waals surface area contributed by atoms with Gasteiger partial charge in [0.05, 0.1) is 4.90 Å². The van der Waals surface area contributed by atoms with Gasteiger partial charge in [-0.3, -0.25) is 4.79 Å². The Morgan fingerprint density at radius 2 is 1.52 bits per heavy atom. The van der Waals surface area contributed by atoms with Crippen molar-refractivity contribution in [3.8, 4) is 0 Å². The van der Waals surface area contributed by atoms with Crippen molar-refractivity contribution in [1.29, 1.82) is 0 Å². The molecule has 0 bridgehead atoms. The summed E-state index contributed by atoms with van der Waals surface area (Å²) in [5.41, 5.74) is 1.07. The number of benzene rings is 3. The Bertz CT molecular complexity index is 994. The summed E-state index contributed by atoms with van der Waals surface area (Å²) in [5.74, 6) is -0.628. The summed E-state index contributed by atoms with van der Waals surface area (Å²) in [6, 6.07) is 19.1. The second kappa shape index (κ2) is 5.85. The molecule has 0 fully saturated rings. The van der Waals surface area contributed by atoms with Crippen LogP contribution in [-0.4, -0.2) is 14.3 Å². The van der Waals surface area contributed by atoms with Gasteiger partial charge in [-0.2, -0.15) is 0 Å². The molecule has 0 saturated heterocycles. The number of rotatable bonds is 3. The van der Waals surface area contributed by atoms with E-state index in [1.165, 1.54) is 6.07 Å². The van der Waals surface area contributed by atoms with Gasteiger partial charge in [0.1, 0.15) is 0 Å². The summed E-state index contributed by atoms with van der Waals surface area (Å²) in [7, 11) is -3.92. The average Bonchev–Trinajstić information content (AvgIpc) is 2.54. The molecule has 0 radical (unpaired) electrons. The topological polar surface area (TPSA) is 63.2 Å². The van der Waals surface area contributed by atoms with Crippen molar-refractivity contribution < 1.29 is 13.2 Å². The van der Waals surface area contributed by atoms with E-state index in [9.17, 15) is 13.2 Å². The van der Waals surface area contributed by atoms with Gasteiger partial charge in [-0.15, -0.1) is 0 Å². The van der Waals surface area contributed by atoms with Crippen LogP contribution < -0.4 is 4.72 Å². The highest BCUT2D eigenvalue weighted by Gasteiger charge is 2.19. The second-order valence-corrected chi connectivity index (χ2v) is 6.94. The highest BCUT2D eigenvalue weighted by molar-refractivity contribution is 7.90. The molecule has 23 heavy (non-hydrogen) atoms. The van der Waals surface area contributed by atoms with E-state index in [1.54, 1.807) is 43.3 Å². The van der Waals surface area contributed by atoms with Crippen LogP contribution in [-0.2, 0) is 10.0 Å². The van der Waals surface area contributed by atoms with Gasteiger partial charge in [-0.1, -0.05) is 48.5 Å². The van der Waals surface area contributed by atoms with E-state index < -0.39 is 15.9 Å². The number of amides is 1. The highest BCUT2D eigenvalue weighted by atomic mass is 32.2. The SMILES string of the molecule is Cc1ccccc1C(=O)NS(=O)(=O)c1ccc2ccccc2c1. The van der Waals surface area contributed by atoms with Crippen LogP contribution in [0.25, 0.3) is 10.8 Å². The summed E-state index contributed by atoms with van der Waals surface area (Å²) in [4.78, 5) is 12.3. The smallest absolute Gasteiger partial charge is 0.265 e. The highest BCUT2D eigenvalue weighted by Crippen LogP contribution is 2.19. The maximum Gasteiger partial charge on any atom is 0.265 e. The molecular formula is C18H15NO3S. The quantitative estimate of drug-likeness (QED) is 0.804. The standard InChI is InChI=1S/C18H15NO3S/c1-13-6-2-5-9-17(13)18(20)19-23(21,22)16-11-10-14-7-3-4-8-15(14)12-16/h2-12H,1H3,(H,19,20). The first-order valence-electron chi connectivity index (χ1n) is 7.09. The first kappa shape index (κ1) is 15.2. The number of sulfonamides is 1. The van der Waals surface area contributed by atoms with Gasteiger partial charge < -0.3 is 0 Å². The van der Waals surface area contributed by atoms with Crippen LogP contribution in [0.1, 0.15) is 15.9 Å². The Morgan fingerprint density at radius 3 is 2.26 bits per heavy atom. The molecule has 4 nitrogen and oxygen atoms in total. The number of aryl methyl sites for hydroxylation is 1. The predicted molar refractivity (Wildman–Crippen MR) is 89.8 cm³/mol. The van der Waals surface area contributed by atoms with Crippen molar-refractivity contribution in [2.45, 2.75) is 11.8 Å². The number of carbonyl (C=O) groups is 1. The molecule has 3 aromatic carbocycles. The van der Waals surface area contributed by atoms with Crippen molar-refractivity contribution in [2.75, 3.05) is 0 Å². The fraction of sp³-hybridized carbons (Fsp3) is 0.0556. The molecular weight excluding hydrogens is 310 g/mol. The van der Waals surface area contributed by atoms with Crippen molar-refractivity contribution in [1.82, 2.24) is 4.72 Å². The Hall–Kier alpha value is -2.66. The Morgan fingerprint density at radius 1 is 0.870 bits per heavy atom. The molecule has 0 aliphatic carbocycles.